The zero-order chi connectivity index (χ0) is 20.4. The number of aromatic nitrogens is 2. The third-order valence-corrected chi connectivity index (χ3v) is 6.55. The van der Waals surface area contributed by atoms with E-state index in [0.717, 1.165) is 33.5 Å². The molecule has 0 saturated heterocycles. The maximum absolute atomic E-state index is 12.8. The van der Waals surface area contributed by atoms with Gasteiger partial charge in [0.1, 0.15) is 5.82 Å². The fourth-order valence-corrected chi connectivity index (χ4v) is 4.82. The van der Waals surface area contributed by atoms with Crippen LogP contribution >= 0.6 is 0 Å². The molecule has 0 amide bonds. The molecule has 0 bridgehead atoms. The predicted molar refractivity (Wildman–Crippen MR) is 116 cm³/mol. The fourth-order valence-electron chi connectivity index (χ4n) is 3.48. The van der Waals surface area contributed by atoms with Crippen molar-refractivity contribution in [3.05, 3.63) is 83.9 Å². The number of imidazole rings is 1. The van der Waals surface area contributed by atoms with Crippen LogP contribution in [-0.4, -0.2) is 24.5 Å². The highest BCUT2D eigenvalue weighted by Gasteiger charge is 2.18. The normalized spacial score (nSPS) is 11.8. The van der Waals surface area contributed by atoms with E-state index in [1.807, 2.05) is 80.6 Å². The lowest BCUT2D eigenvalue weighted by molar-refractivity contribution is 0.574. The molecule has 6 heteroatoms. The number of rotatable bonds is 6. The molecule has 3 aromatic carbocycles. The third-order valence-electron chi connectivity index (χ3n) is 4.95. The number of aryl methyl sites for hydroxylation is 2. The monoisotopic (exact) mass is 405 g/mol. The van der Waals surface area contributed by atoms with Crippen molar-refractivity contribution in [3.63, 3.8) is 0 Å². The van der Waals surface area contributed by atoms with E-state index in [9.17, 15) is 8.42 Å². The molecule has 1 N–H and O–H groups in total. The summed E-state index contributed by atoms with van der Waals surface area (Å²) in [7, 11) is -3.58. The highest BCUT2D eigenvalue weighted by molar-refractivity contribution is 7.89. The lowest BCUT2D eigenvalue weighted by atomic mass is 10.2. The second-order valence-electron chi connectivity index (χ2n) is 7.11. The van der Waals surface area contributed by atoms with E-state index in [-0.39, 0.29) is 6.54 Å². The molecule has 4 rings (SSSR count). The molecule has 0 radical (unpaired) electrons. The molecule has 4 aromatic rings. The van der Waals surface area contributed by atoms with Crippen LogP contribution in [0.25, 0.3) is 22.4 Å². The summed E-state index contributed by atoms with van der Waals surface area (Å²) in [5.74, 6) is 0.831. The van der Waals surface area contributed by atoms with Gasteiger partial charge in [0.25, 0.3) is 0 Å². The lowest BCUT2D eigenvalue weighted by Crippen LogP contribution is -2.28. The molecule has 0 fully saturated rings. The van der Waals surface area contributed by atoms with Crippen LogP contribution < -0.4 is 4.72 Å². The third kappa shape index (κ3) is 3.95. The summed E-state index contributed by atoms with van der Waals surface area (Å²) in [4.78, 5) is 5.10. The zero-order valence-corrected chi connectivity index (χ0v) is 17.3. The van der Waals surface area contributed by atoms with Gasteiger partial charge in [0, 0.05) is 18.7 Å². The topological polar surface area (TPSA) is 64.0 Å². The largest absolute Gasteiger partial charge is 0.323 e. The molecule has 1 aromatic heterocycles. The maximum Gasteiger partial charge on any atom is 0.240 e. The first-order chi connectivity index (χ1) is 14.0. The summed E-state index contributed by atoms with van der Waals surface area (Å²) in [6, 6.07) is 23.3. The van der Waals surface area contributed by atoms with Gasteiger partial charge >= 0.3 is 0 Å². The molecular formula is C23H23N3O2S. The highest BCUT2D eigenvalue weighted by Crippen LogP contribution is 2.24. The summed E-state index contributed by atoms with van der Waals surface area (Å²) < 4.78 is 30.4. The second-order valence-corrected chi connectivity index (χ2v) is 8.84. The van der Waals surface area contributed by atoms with Gasteiger partial charge < -0.3 is 4.57 Å². The quantitative estimate of drug-likeness (QED) is 0.520. The number of benzene rings is 3. The molecule has 29 heavy (non-hydrogen) atoms. The molecule has 5 nitrogen and oxygen atoms in total. The zero-order valence-electron chi connectivity index (χ0n) is 16.5. The van der Waals surface area contributed by atoms with Crippen molar-refractivity contribution in [2.75, 3.05) is 6.54 Å². The number of hydrogen-bond donors (Lipinski definition) is 1. The van der Waals surface area contributed by atoms with Crippen LogP contribution in [0.2, 0.25) is 0 Å². The van der Waals surface area contributed by atoms with Gasteiger partial charge in [-0.25, -0.2) is 18.1 Å². The van der Waals surface area contributed by atoms with Crippen molar-refractivity contribution in [2.45, 2.75) is 25.3 Å². The van der Waals surface area contributed by atoms with Crippen molar-refractivity contribution >= 4 is 21.1 Å². The van der Waals surface area contributed by atoms with Gasteiger partial charge in [-0.05, 0) is 43.2 Å². The van der Waals surface area contributed by atoms with Crippen LogP contribution in [0.4, 0.5) is 0 Å². The van der Waals surface area contributed by atoms with Crippen LogP contribution in [0.3, 0.4) is 0 Å². The van der Waals surface area contributed by atoms with Gasteiger partial charge in [0.2, 0.25) is 10.0 Å². The predicted octanol–water partition coefficient (Wildman–Crippen LogP) is 4.30. The minimum atomic E-state index is -3.58. The molecular weight excluding hydrogens is 382 g/mol. The van der Waals surface area contributed by atoms with E-state index in [4.69, 9.17) is 4.98 Å². The Kier molecular flexibility index (Phi) is 5.22. The minimum absolute atomic E-state index is 0.274. The maximum atomic E-state index is 12.8. The molecule has 0 unspecified atom stereocenters. The molecule has 0 atom stereocenters. The average molecular weight is 406 g/mol. The molecule has 0 saturated carbocycles. The van der Waals surface area contributed by atoms with Gasteiger partial charge in [-0.2, -0.15) is 0 Å². The SMILES string of the molecule is Cc1ccc(C)c(S(=O)(=O)NCCn2c(-c3ccccc3)nc3ccccc32)c1. The lowest BCUT2D eigenvalue weighted by Gasteiger charge is -2.12. The van der Waals surface area contributed by atoms with Gasteiger partial charge in [0.15, 0.2) is 0 Å². The Morgan fingerprint density at radius 1 is 0.931 bits per heavy atom. The first-order valence-electron chi connectivity index (χ1n) is 9.53. The van der Waals surface area contributed by atoms with Crippen LogP contribution in [0, 0.1) is 13.8 Å². The van der Waals surface area contributed by atoms with Gasteiger partial charge in [-0.15, -0.1) is 0 Å². The summed E-state index contributed by atoms with van der Waals surface area (Å²) in [5.41, 5.74) is 4.53. The Bertz CT molecular complexity index is 1260. The standard InChI is InChI=1S/C23H23N3O2S/c1-17-12-13-18(2)22(16-17)29(27,28)24-14-15-26-21-11-7-6-10-20(21)25-23(26)19-8-4-3-5-9-19/h3-13,16,24H,14-15H2,1-2H3. The van der Waals surface area contributed by atoms with E-state index in [1.165, 1.54) is 0 Å². The van der Waals surface area contributed by atoms with Crippen molar-refractivity contribution in [1.82, 2.24) is 14.3 Å². The van der Waals surface area contributed by atoms with E-state index < -0.39 is 10.0 Å². The molecule has 0 aliphatic carbocycles. The van der Waals surface area contributed by atoms with Gasteiger partial charge in [-0.3, -0.25) is 0 Å². The van der Waals surface area contributed by atoms with E-state index in [2.05, 4.69) is 9.29 Å². The average Bonchev–Trinajstić information content (AvgIpc) is 3.09. The Hall–Kier alpha value is -2.96. The van der Waals surface area contributed by atoms with E-state index in [1.54, 1.807) is 6.07 Å². The molecule has 0 aliphatic rings. The number of para-hydroxylation sites is 2. The Morgan fingerprint density at radius 2 is 1.66 bits per heavy atom. The number of hydrogen-bond acceptors (Lipinski definition) is 3. The van der Waals surface area contributed by atoms with Crippen LogP contribution in [0.5, 0.6) is 0 Å². The van der Waals surface area contributed by atoms with Crippen molar-refractivity contribution in [2.24, 2.45) is 0 Å². The summed E-state index contributed by atoms with van der Waals surface area (Å²) in [6.45, 7) is 4.46. The molecule has 1 heterocycles. The van der Waals surface area contributed by atoms with Crippen molar-refractivity contribution < 1.29 is 8.42 Å². The highest BCUT2D eigenvalue weighted by atomic mass is 32.2. The molecule has 0 spiro atoms. The van der Waals surface area contributed by atoms with Crippen molar-refractivity contribution in [3.8, 4) is 11.4 Å². The first-order valence-corrected chi connectivity index (χ1v) is 11.0. The summed E-state index contributed by atoms with van der Waals surface area (Å²) in [6.07, 6.45) is 0. The number of nitrogens with zero attached hydrogens (tertiary/aromatic N) is 2. The van der Waals surface area contributed by atoms with E-state index in [0.29, 0.717) is 11.4 Å². The Balaban J connectivity index is 1.62. The number of fused-ring (bicyclic) bond motifs is 1. The van der Waals surface area contributed by atoms with Crippen molar-refractivity contribution in [1.29, 1.82) is 0 Å². The van der Waals surface area contributed by atoms with Gasteiger partial charge in [0.05, 0.1) is 15.9 Å². The fraction of sp³-hybridized carbons (Fsp3) is 0.174. The Morgan fingerprint density at radius 3 is 2.45 bits per heavy atom. The number of sulfonamides is 1. The summed E-state index contributed by atoms with van der Waals surface area (Å²) >= 11 is 0. The van der Waals surface area contributed by atoms with E-state index >= 15 is 0 Å². The smallest absolute Gasteiger partial charge is 0.240 e. The second kappa shape index (κ2) is 7.81. The molecule has 0 aliphatic heterocycles. The van der Waals surface area contributed by atoms with Gasteiger partial charge in [-0.1, -0.05) is 54.6 Å². The first kappa shape index (κ1) is 19.4. The van der Waals surface area contributed by atoms with Crippen LogP contribution in [-0.2, 0) is 16.6 Å². The van der Waals surface area contributed by atoms with Crippen LogP contribution in [0.15, 0.2) is 77.7 Å². The van der Waals surface area contributed by atoms with Crippen LogP contribution in [0.1, 0.15) is 11.1 Å². The Labute approximate surface area is 171 Å². The minimum Gasteiger partial charge on any atom is -0.323 e. The number of nitrogens with one attached hydrogen (secondary N) is 1. The molecule has 148 valence electrons. The summed E-state index contributed by atoms with van der Waals surface area (Å²) in [5, 5.41) is 0.